The molecule has 0 heterocycles. The van der Waals surface area contributed by atoms with Gasteiger partial charge >= 0.3 is 6.18 Å². The summed E-state index contributed by atoms with van der Waals surface area (Å²) in [5.41, 5.74) is -3.97. The van der Waals surface area contributed by atoms with E-state index in [4.69, 9.17) is 11.6 Å². The summed E-state index contributed by atoms with van der Waals surface area (Å²) in [6.07, 6.45) is -4.84. The molecule has 0 unspecified atom stereocenters. The summed E-state index contributed by atoms with van der Waals surface area (Å²) >= 11 is 5.88. The summed E-state index contributed by atoms with van der Waals surface area (Å²) in [6.45, 7) is 3.55. The fourth-order valence-corrected chi connectivity index (χ4v) is 3.71. The molecule has 0 spiro atoms. The van der Waals surface area contributed by atoms with Gasteiger partial charge < -0.3 is 15.5 Å². The highest BCUT2D eigenvalue weighted by Gasteiger charge is 2.55. The molecule has 160 valence electrons. The Hall–Kier alpha value is -1.40. The fraction of sp³-hybridized carbons (Fsp3) is 0.562. The van der Waals surface area contributed by atoms with Crippen molar-refractivity contribution in [3.05, 3.63) is 23.2 Å². The summed E-state index contributed by atoms with van der Waals surface area (Å²) < 4.78 is 65.2. The zero-order valence-corrected chi connectivity index (χ0v) is 16.9. The van der Waals surface area contributed by atoms with Crippen LogP contribution in [-0.2, 0) is 14.8 Å². The Labute approximate surface area is 165 Å². The smallest absolute Gasteiger partial charge is 0.395 e. The highest BCUT2D eigenvalue weighted by atomic mass is 35.5. The van der Waals surface area contributed by atoms with E-state index in [2.05, 4.69) is 4.72 Å². The SMILES string of the molecule is CC(C)C[C@H](CO)NS(=O)(=O)c1ccc(NC(=O)[C@@](C)(O)C(F)(F)F)c(Cl)c1. The first-order valence-corrected chi connectivity index (χ1v) is 10.0. The minimum Gasteiger partial charge on any atom is -0.395 e. The molecule has 0 aliphatic carbocycles. The molecule has 7 nitrogen and oxygen atoms in total. The molecule has 0 aliphatic heterocycles. The fourth-order valence-electron chi connectivity index (χ4n) is 2.15. The molecule has 1 rings (SSSR count). The lowest BCUT2D eigenvalue weighted by Crippen LogP contribution is -2.52. The van der Waals surface area contributed by atoms with Crippen LogP contribution < -0.4 is 10.0 Å². The lowest BCUT2D eigenvalue weighted by atomic mass is 10.1. The van der Waals surface area contributed by atoms with Gasteiger partial charge in [0.15, 0.2) is 0 Å². The Morgan fingerprint density at radius 3 is 2.29 bits per heavy atom. The van der Waals surface area contributed by atoms with Crippen molar-refractivity contribution in [3.8, 4) is 0 Å². The molecule has 0 bridgehead atoms. The third-order valence-electron chi connectivity index (χ3n) is 3.79. The third-order valence-corrected chi connectivity index (χ3v) is 5.62. The van der Waals surface area contributed by atoms with Crippen LogP contribution in [0.3, 0.4) is 0 Å². The summed E-state index contributed by atoms with van der Waals surface area (Å²) in [7, 11) is -4.07. The van der Waals surface area contributed by atoms with Gasteiger partial charge in [-0.3, -0.25) is 4.79 Å². The average molecular weight is 447 g/mol. The second-order valence-corrected chi connectivity index (χ2v) is 8.92. The summed E-state index contributed by atoms with van der Waals surface area (Å²) in [5, 5.41) is 20.1. The van der Waals surface area contributed by atoms with Crippen LogP contribution in [-0.4, -0.2) is 49.0 Å². The van der Waals surface area contributed by atoms with Crippen molar-refractivity contribution < 1.29 is 36.6 Å². The van der Waals surface area contributed by atoms with Crippen LogP contribution in [0.4, 0.5) is 18.9 Å². The number of benzene rings is 1. The number of carbonyl (C=O) groups excluding carboxylic acids is 1. The normalized spacial score (nSPS) is 15.9. The van der Waals surface area contributed by atoms with Crippen molar-refractivity contribution >= 4 is 33.2 Å². The Morgan fingerprint density at radius 2 is 1.86 bits per heavy atom. The van der Waals surface area contributed by atoms with E-state index in [1.54, 1.807) is 0 Å². The van der Waals surface area contributed by atoms with Crippen molar-refractivity contribution in [3.63, 3.8) is 0 Å². The van der Waals surface area contributed by atoms with Crippen LogP contribution in [0.15, 0.2) is 23.1 Å². The van der Waals surface area contributed by atoms with Gasteiger partial charge in [-0.1, -0.05) is 25.4 Å². The quantitative estimate of drug-likeness (QED) is 0.489. The average Bonchev–Trinajstić information content (AvgIpc) is 2.54. The van der Waals surface area contributed by atoms with E-state index in [0.29, 0.717) is 6.42 Å². The molecule has 12 heteroatoms. The number of rotatable bonds is 8. The van der Waals surface area contributed by atoms with E-state index in [-0.39, 0.29) is 28.4 Å². The molecule has 0 radical (unpaired) electrons. The molecule has 1 amide bonds. The molecule has 2 atom stereocenters. The highest BCUT2D eigenvalue weighted by Crippen LogP contribution is 2.32. The molecule has 0 aliphatic rings. The van der Waals surface area contributed by atoms with Crippen LogP contribution in [0.25, 0.3) is 0 Å². The largest absolute Gasteiger partial charge is 0.426 e. The standard InChI is InChI=1S/C16H22ClF3N2O5S/c1-9(2)6-10(8-23)22-28(26,27)11-4-5-13(12(17)7-11)21-14(24)15(3,25)16(18,19)20/h4-5,7,9-10,22-23,25H,6,8H2,1-3H3,(H,21,24)/t10-,15-/m1/s1. The van der Waals surface area contributed by atoms with Gasteiger partial charge in [0.05, 0.1) is 22.2 Å². The van der Waals surface area contributed by atoms with Gasteiger partial charge in [0.1, 0.15) is 0 Å². The van der Waals surface area contributed by atoms with Crippen molar-refractivity contribution in [2.24, 2.45) is 5.92 Å². The molecule has 1 aromatic rings. The number of aliphatic hydroxyl groups is 2. The summed E-state index contributed by atoms with van der Waals surface area (Å²) in [5.74, 6) is -1.66. The summed E-state index contributed by atoms with van der Waals surface area (Å²) in [6, 6.07) is 2.23. The number of halogens is 4. The zero-order valence-electron chi connectivity index (χ0n) is 15.3. The van der Waals surface area contributed by atoms with E-state index in [9.17, 15) is 36.6 Å². The number of nitrogens with one attached hydrogen (secondary N) is 2. The highest BCUT2D eigenvalue weighted by molar-refractivity contribution is 7.89. The monoisotopic (exact) mass is 446 g/mol. The molecule has 1 aromatic carbocycles. The second kappa shape index (κ2) is 8.95. The molecule has 0 fully saturated rings. The topological polar surface area (TPSA) is 116 Å². The van der Waals surface area contributed by atoms with Gasteiger partial charge in [-0.15, -0.1) is 0 Å². The Balaban J connectivity index is 3.05. The lowest BCUT2D eigenvalue weighted by Gasteiger charge is -2.25. The van der Waals surface area contributed by atoms with Gasteiger partial charge in [-0.05, 0) is 37.5 Å². The molecule has 0 aromatic heterocycles. The van der Waals surface area contributed by atoms with Crippen molar-refractivity contribution in [1.82, 2.24) is 4.72 Å². The molecular weight excluding hydrogens is 425 g/mol. The van der Waals surface area contributed by atoms with Crippen molar-refractivity contribution in [2.75, 3.05) is 11.9 Å². The molecule has 0 saturated carbocycles. The van der Waals surface area contributed by atoms with Gasteiger partial charge in [-0.25, -0.2) is 13.1 Å². The predicted octanol–water partition coefficient (Wildman–Crippen LogP) is 2.28. The number of amides is 1. The van der Waals surface area contributed by atoms with E-state index in [1.807, 2.05) is 19.2 Å². The van der Waals surface area contributed by atoms with Gasteiger partial charge in [0, 0.05) is 6.04 Å². The van der Waals surface area contributed by atoms with Crippen LogP contribution in [0, 0.1) is 5.92 Å². The number of carbonyl (C=O) groups is 1. The number of sulfonamides is 1. The Kier molecular flexibility index (Phi) is 7.88. The minimum absolute atomic E-state index is 0.113. The number of anilines is 1. The van der Waals surface area contributed by atoms with Gasteiger partial charge in [-0.2, -0.15) is 13.2 Å². The summed E-state index contributed by atoms with van der Waals surface area (Å²) in [4.78, 5) is 11.4. The predicted molar refractivity (Wildman–Crippen MR) is 97.4 cm³/mol. The molecule has 28 heavy (non-hydrogen) atoms. The third kappa shape index (κ3) is 6.05. The second-order valence-electron chi connectivity index (χ2n) is 6.80. The maximum Gasteiger partial charge on any atom is 0.426 e. The van der Waals surface area contributed by atoms with Gasteiger partial charge in [0.2, 0.25) is 15.6 Å². The first-order valence-electron chi connectivity index (χ1n) is 8.15. The number of aliphatic hydroxyl groups excluding tert-OH is 1. The Bertz CT molecular complexity index is 813. The van der Waals surface area contributed by atoms with E-state index in [1.165, 1.54) is 0 Å². The Morgan fingerprint density at radius 1 is 1.29 bits per heavy atom. The van der Waals surface area contributed by atoms with Crippen LogP contribution in [0.2, 0.25) is 5.02 Å². The lowest BCUT2D eigenvalue weighted by molar-refractivity contribution is -0.242. The minimum atomic E-state index is -5.22. The maximum atomic E-state index is 12.7. The molecule has 4 N–H and O–H groups in total. The number of hydrogen-bond acceptors (Lipinski definition) is 5. The first kappa shape index (κ1) is 24.6. The first-order chi connectivity index (χ1) is 12.6. The van der Waals surface area contributed by atoms with E-state index < -0.39 is 40.4 Å². The van der Waals surface area contributed by atoms with E-state index in [0.717, 1.165) is 18.2 Å². The zero-order chi connectivity index (χ0) is 21.9. The maximum absolute atomic E-state index is 12.7. The van der Waals surface area contributed by atoms with Crippen molar-refractivity contribution in [1.29, 1.82) is 0 Å². The molecular formula is C16H22ClF3N2O5S. The van der Waals surface area contributed by atoms with Gasteiger partial charge in [0.25, 0.3) is 5.91 Å². The molecule has 0 saturated heterocycles. The number of hydrogen-bond donors (Lipinski definition) is 4. The van der Waals surface area contributed by atoms with Crippen molar-refractivity contribution in [2.45, 2.75) is 49.9 Å². The van der Waals surface area contributed by atoms with Crippen LogP contribution >= 0.6 is 11.6 Å². The van der Waals surface area contributed by atoms with Crippen LogP contribution in [0.5, 0.6) is 0 Å². The van der Waals surface area contributed by atoms with E-state index >= 15 is 0 Å². The van der Waals surface area contributed by atoms with Crippen LogP contribution in [0.1, 0.15) is 27.2 Å². The number of alkyl halides is 3.